The highest BCUT2D eigenvalue weighted by Gasteiger charge is 2.34. The number of benzene rings is 4. The van der Waals surface area contributed by atoms with Crippen molar-refractivity contribution < 1.29 is 0 Å². The second-order valence-electron chi connectivity index (χ2n) is 10.8. The van der Waals surface area contributed by atoms with Crippen LogP contribution in [0.3, 0.4) is 0 Å². The molecule has 0 radical (unpaired) electrons. The Morgan fingerprint density at radius 3 is 1.64 bits per heavy atom. The van der Waals surface area contributed by atoms with Gasteiger partial charge in [-0.05, 0) is 51.4 Å². The van der Waals surface area contributed by atoms with Crippen molar-refractivity contribution in [1.29, 1.82) is 0 Å². The van der Waals surface area contributed by atoms with E-state index in [2.05, 4.69) is 135 Å². The number of hydrogen-bond donors (Lipinski definition) is 0. The van der Waals surface area contributed by atoms with Gasteiger partial charge in [-0.2, -0.15) is 0 Å². The first-order chi connectivity index (χ1) is 17.5. The number of para-hydroxylation sites is 2. The van der Waals surface area contributed by atoms with Gasteiger partial charge >= 0.3 is 0 Å². The van der Waals surface area contributed by atoms with Crippen LogP contribution in [0.4, 0.5) is 0 Å². The Labute approximate surface area is 211 Å². The molecule has 2 heteroatoms. The van der Waals surface area contributed by atoms with E-state index in [0.29, 0.717) is 0 Å². The van der Waals surface area contributed by atoms with E-state index in [1.54, 1.807) is 0 Å². The summed E-state index contributed by atoms with van der Waals surface area (Å²) in [6, 6.07) is 39.5. The number of rotatable bonds is 2. The van der Waals surface area contributed by atoms with Gasteiger partial charge in [0.05, 0.1) is 22.6 Å². The third kappa shape index (κ3) is 3.01. The van der Waals surface area contributed by atoms with Gasteiger partial charge in [0.15, 0.2) is 0 Å². The molecule has 1 aliphatic carbocycles. The van der Waals surface area contributed by atoms with Crippen LogP contribution in [0.5, 0.6) is 0 Å². The van der Waals surface area contributed by atoms with Crippen molar-refractivity contribution in [3.63, 3.8) is 0 Å². The van der Waals surface area contributed by atoms with Crippen molar-refractivity contribution in [2.24, 2.45) is 0 Å². The topological polar surface area (TPSA) is 17.8 Å². The van der Waals surface area contributed by atoms with Crippen molar-refractivity contribution >= 4 is 21.8 Å². The van der Waals surface area contributed by atoms with E-state index in [4.69, 9.17) is 4.98 Å². The van der Waals surface area contributed by atoms with Crippen LogP contribution in [0, 0.1) is 0 Å². The number of pyridine rings is 1. The Kier molecular flexibility index (Phi) is 4.50. The van der Waals surface area contributed by atoms with Gasteiger partial charge in [0.2, 0.25) is 0 Å². The molecule has 1 aliphatic rings. The first-order valence-corrected chi connectivity index (χ1v) is 12.7. The highest BCUT2D eigenvalue weighted by atomic mass is 15.1. The minimum absolute atomic E-state index is 0.0336. The average Bonchev–Trinajstić information content (AvgIpc) is 3.41. The number of nitrogens with zero attached hydrogens (tertiary/aromatic N) is 2. The lowest BCUT2D eigenvalue weighted by Crippen LogP contribution is -2.19. The standard InChI is InChI=1S/C34H28N2/c1-34(2,3)28-20-21-31(36-29-18-10-8-14-24(29)25-15-9-11-19-30(25)36)35-33(28)32-26-16-6-4-12-22(26)23-13-5-7-17-27(23)32/h4-21,32H,1-3H3. The van der Waals surface area contributed by atoms with E-state index in [1.165, 1.54) is 49.6 Å². The molecule has 2 nitrogen and oxygen atoms in total. The van der Waals surface area contributed by atoms with E-state index in [1.807, 2.05) is 0 Å². The predicted molar refractivity (Wildman–Crippen MR) is 150 cm³/mol. The molecule has 0 atom stereocenters. The Balaban J connectivity index is 1.55. The first kappa shape index (κ1) is 21.1. The Bertz CT molecular complexity index is 1680. The molecule has 0 spiro atoms. The maximum atomic E-state index is 5.52. The van der Waals surface area contributed by atoms with Crippen LogP contribution in [-0.4, -0.2) is 9.55 Å². The molecule has 2 heterocycles. The summed E-state index contributed by atoms with van der Waals surface area (Å²) in [7, 11) is 0. The fraction of sp³-hybridized carbons (Fsp3) is 0.147. The monoisotopic (exact) mass is 464 g/mol. The summed E-state index contributed by atoms with van der Waals surface area (Å²) < 4.78 is 2.33. The van der Waals surface area contributed by atoms with E-state index in [0.717, 1.165) is 11.5 Å². The molecule has 0 saturated carbocycles. The van der Waals surface area contributed by atoms with E-state index in [-0.39, 0.29) is 11.3 Å². The van der Waals surface area contributed by atoms with Gasteiger partial charge in [-0.3, -0.25) is 4.57 Å². The zero-order valence-electron chi connectivity index (χ0n) is 20.9. The molecular formula is C34H28N2. The van der Waals surface area contributed by atoms with Crippen molar-refractivity contribution in [1.82, 2.24) is 9.55 Å². The Hall–Kier alpha value is -4.17. The maximum absolute atomic E-state index is 5.52. The molecule has 0 fully saturated rings. The third-order valence-electron chi connectivity index (χ3n) is 7.63. The first-order valence-electron chi connectivity index (χ1n) is 12.7. The molecule has 7 rings (SSSR count). The number of aromatic nitrogens is 2. The van der Waals surface area contributed by atoms with E-state index < -0.39 is 0 Å². The largest absolute Gasteiger partial charge is 0.294 e. The minimum Gasteiger partial charge on any atom is -0.294 e. The lowest BCUT2D eigenvalue weighted by Gasteiger charge is -2.27. The highest BCUT2D eigenvalue weighted by molar-refractivity contribution is 6.09. The van der Waals surface area contributed by atoms with Crippen molar-refractivity contribution in [3.8, 4) is 16.9 Å². The lowest BCUT2D eigenvalue weighted by atomic mass is 9.80. The molecule has 4 aromatic carbocycles. The number of fused-ring (bicyclic) bond motifs is 6. The van der Waals surface area contributed by atoms with Gasteiger partial charge in [-0.15, -0.1) is 0 Å². The van der Waals surface area contributed by atoms with Crippen LogP contribution in [-0.2, 0) is 5.41 Å². The summed E-state index contributed by atoms with van der Waals surface area (Å²) in [5, 5.41) is 2.51. The fourth-order valence-electron chi connectivity index (χ4n) is 6.06. The third-order valence-corrected chi connectivity index (χ3v) is 7.63. The quantitative estimate of drug-likeness (QED) is 0.250. The molecule has 36 heavy (non-hydrogen) atoms. The molecule has 0 amide bonds. The summed E-state index contributed by atoms with van der Waals surface area (Å²) >= 11 is 0. The van der Waals surface area contributed by atoms with Gasteiger partial charge in [0.1, 0.15) is 5.82 Å². The van der Waals surface area contributed by atoms with Crippen LogP contribution in [0.1, 0.15) is 49.1 Å². The van der Waals surface area contributed by atoms with Gasteiger partial charge < -0.3 is 0 Å². The summed E-state index contributed by atoms with van der Waals surface area (Å²) in [4.78, 5) is 5.52. The Morgan fingerprint density at radius 2 is 1.08 bits per heavy atom. The number of hydrogen-bond acceptors (Lipinski definition) is 1. The van der Waals surface area contributed by atoms with Crippen LogP contribution < -0.4 is 0 Å². The van der Waals surface area contributed by atoms with Gasteiger partial charge in [0, 0.05) is 10.8 Å². The van der Waals surface area contributed by atoms with Crippen LogP contribution >= 0.6 is 0 Å². The highest BCUT2D eigenvalue weighted by Crippen LogP contribution is 2.49. The SMILES string of the molecule is CC(C)(C)c1ccc(-n2c3ccccc3c3ccccc32)nc1C1c2ccccc2-c2ccccc21. The fourth-order valence-corrected chi connectivity index (χ4v) is 6.06. The molecule has 0 unspecified atom stereocenters. The lowest BCUT2D eigenvalue weighted by molar-refractivity contribution is 0.575. The molecule has 2 aromatic heterocycles. The van der Waals surface area contributed by atoms with Crippen LogP contribution in [0.2, 0.25) is 0 Å². The maximum Gasteiger partial charge on any atom is 0.137 e. The smallest absolute Gasteiger partial charge is 0.137 e. The minimum atomic E-state index is -0.0336. The van der Waals surface area contributed by atoms with Crippen molar-refractivity contribution in [3.05, 3.63) is 132 Å². The van der Waals surface area contributed by atoms with E-state index >= 15 is 0 Å². The molecule has 174 valence electrons. The summed E-state index contributed by atoms with van der Waals surface area (Å²) in [6.45, 7) is 6.88. The molecular weight excluding hydrogens is 436 g/mol. The molecule has 0 saturated heterocycles. The zero-order chi connectivity index (χ0) is 24.4. The van der Waals surface area contributed by atoms with Gasteiger partial charge in [-0.1, -0.05) is 112 Å². The Morgan fingerprint density at radius 1 is 0.583 bits per heavy atom. The van der Waals surface area contributed by atoms with Crippen molar-refractivity contribution in [2.75, 3.05) is 0 Å². The van der Waals surface area contributed by atoms with Gasteiger partial charge in [0.25, 0.3) is 0 Å². The van der Waals surface area contributed by atoms with Crippen LogP contribution in [0.25, 0.3) is 38.8 Å². The van der Waals surface area contributed by atoms with Gasteiger partial charge in [-0.25, -0.2) is 4.98 Å². The molecule has 6 aromatic rings. The zero-order valence-corrected chi connectivity index (χ0v) is 20.9. The second kappa shape index (κ2) is 7.66. The summed E-state index contributed by atoms with van der Waals surface area (Å²) in [6.07, 6.45) is 0. The summed E-state index contributed by atoms with van der Waals surface area (Å²) in [5.41, 5.74) is 10.1. The van der Waals surface area contributed by atoms with E-state index in [9.17, 15) is 0 Å². The molecule has 0 bridgehead atoms. The van der Waals surface area contributed by atoms with Crippen LogP contribution in [0.15, 0.2) is 109 Å². The summed E-state index contributed by atoms with van der Waals surface area (Å²) in [5.74, 6) is 1.08. The molecule has 0 N–H and O–H groups in total. The normalized spacial score (nSPS) is 13.3. The second-order valence-corrected chi connectivity index (χ2v) is 10.8. The average molecular weight is 465 g/mol. The predicted octanol–water partition coefficient (Wildman–Crippen LogP) is 8.64. The van der Waals surface area contributed by atoms with Crippen molar-refractivity contribution in [2.45, 2.75) is 32.1 Å². The molecule has 0 aliphatic heterocycles.